The van der Waals surface area contributed by atoms with E-state index in [-0.39, 0.29) is 36.7 Å². The van der Waals surface area contributed by atoms with E-state index in [0.29, 0.717) is 32.1 Å². The molecule has 0 bridgehead atoms. The molecule has 0 spiro atoms. The molecular formula is C70H114O35. The summed E-state index contributed by atoms with van der Waals surface area (Å²) >= 11 is 0. The molecule has 0 aromatic carbocycles. The molecule has 20 N–H and O–H groups in total. The van der Waals surface area contributed by atoms with Gasteiger partial charge in [-0.1, -0.05) is 60.1 Å². The van der Waals surface area contributed by atoms with Gasteiger partial charge >= 0.3 is 5.97 Å². The van der Waals surface area contributed by atoms with E-state index in [9.17, 15) is 102 Å². The van der Waals surface area contributed by atoms with Gasteiger partial charge in [-0.15, -0.1) is 0 Å². The van der Waals surface area contributed by atoms with Gasteiger partial charge in [0.2, 0.25) is 6.29 Å². The Kier molecular flexibility index (Phi) is 24.3. The minimum atomic E-state index is -1.99. The van der Waals surface area contributed by atoms with Crippen LogP contribution in [0.15, 0.2) is 11.6 Å². The lowest BCUT2D eigenvalue weighted by molar-refractivity contribution is -0.382. The number of fused-ring (bicyclic) bond motifs is 7. The third kappa shape index (κ3) is 14.3. The molecule has 42 atom stereocenters. The van der Waals surface area contributed by atoms with E-state index in [4.69, 9.17) is 66.3 Å². The van der Waals surface area contributed by atoms with Gasteiger partial charge in [-0.3, -0.25) is 4.79 Å². The highest BCUT2D eigenvalue weighted by atomic mass is 16.8. The number of ether oxygens (including phenoxy) is 14. The topological polar surface area (TPSA) is 551 Å². The summed E-state index contributed by atoms with van der Waals surface area (Å²) < 4.78 is 82.9. The van der Waals surface area contributed by atoms with Crippen molar-refractivity contribution in [3.8, 4) is 0 Å². The SMILES string of the molecule is C[C@@H]1O[C@@H](O[C@H]2[C@H](O)[C@@H](O)[C@H](OC[C@H]3O[C@@H](OC(=O)[C@]45CCC(C)(C)[C@@H](O)[C@H]4C4=CC[C@@H]6[C@@]7(C)CC[C@H](O[C@@H]8OC[C@H](O)[C@H](O)[C@H]8O[C@@H]8O[C@@H](C)[C@H](O)[C@@H](O[C@@H]9OC[C@@H](O[C@@H]%10O[C@H](CO)[C@@H](O)[C@H](O)[C@H]%10O)[C@@H](O)[C@H]9O)[C@H]8O)C(C)(C)[C@@H]7CC[C@@]6(C)[C@]4(C)CC5)[C@H](O)[C@@H](O)[C@@H]3O)O[C@@H]2CO)[C@H](O)[C@H](O)[C@H]1O. The Morgan fingerprint density at radius 2 is 1.00 bits per heavy atom. The number of carbonyl (C=O) groups excluding carboxylic acids is 1. The van der Waals surface area contributed by atoms with E-state index < -0.39 is 280 Å². The lowest BCUT2D eigenvalue weighted by Crippen LogP contribution is -2.67. The van der Waals surface area contributed by atoms with E-state index in [1.807, 2.05) is 13.8 Å². The second-order valence-corrected chi connectivity index (χ2v) is 33.8. The maximum absolute atomic E-state index is 15.4. The van der Waals surface area contributed by atoms with E-state index in [0.717, 1.165) is 18.4 Å². The van der Waals surface area contributed by atoms with Crippen molar-refractivity contribution in [3.05, 3.63) is 11.6 Å². The third-order valence-corrected chi connectivity index (χ3v) is 27.1. The molecule has 35 heteroatoms. The maximum atomic E-state index is 15.4. The van der Waals surface area contributed by atoms with Gasteiger partial charge in [-0.05, 0) is 111 Å². The van der Waals surface area contributed by atoms with E-state index >= 15 is 4.79 Å². The summed E-state index contributed by atoms with van der Waals surface area (Å²) in [6, 6.07) is 0. The molecular weight excluding hydrogens is 1400 g/mol. The molecule has 0 aromatic rings. The van der Waals surface area contributed by atoms with Crippen molar-refractivity contribution in [2.45, 2.75) is 335 Å². The van der Waals surface area contributed by atoms with Crippen LogP contribution in [0.2, 0.25) is 0 Å². The number of aliphatic hydroxyl groups is 20. The van der Waals surface area contributed by atoms with Crippen LogP contribution < -0.4 is 0 Å². The molecule has 105 heavy (non-hydrogen) atoms. The van der Waals surface area contributed by atoms with Crippen LogP contribution in [-0.4, -0.2) is 356 Å². The molecule has 11 fully saturated rings. The number of hydrogen-bond acceptors (Lipinski definition) is 35. The number of carbonyl (C=O) groups is 1. The Morgan fingerprint density at radius 3 is 1.67 bits per heavy atom. The largest absolute Gasteiger partial charge is 0.432 e. The molecule has 0 unspecified atom stereocenters. The van der Waals surface area contributed by atoms with E-state index in [1.54, 1.807) is 0 Å². The van der Waals surface area contributed by atoms with Crippen LogP contribution in [0.25, 0.3) is 0 Å². The molecule has 12 aliphatic rings. The fraction of sp³-hybridized carbons (Fsp3) is 0.957. The van der Waals surface area contributed by atoms with Crippen molar-refractivity contribution >= 4 is 5.97 Å². The summed E-state index contributed by atoms with van der Waals surface area (Å²) in [4.78, 5) is 15.4. The minimum Gasteiger partial charge on any atom is -0.432 e. The molecule has 604 valence electrons. The Bertz CT molecular complexity index is 2990. The predicted molar refractivity (Wildman–Crippen MR) is 347 cm³/mol. The smallest absolute Gasteiger partial charge is 0.315 e. The van der Waals surface area contributed by atoms with Crippen molar-refractivity contribution in [1.82, 2.24) is 0 Å². The molecule has 7 saturated heterocycles. The van der Waals surface area contributed by atoms with Crippen LogP contribution >= 0.6 is 0 Å². The van der Waals surface area contributed by atoms with Crippen LogP contribution in [-0.2, 0) is 71.1 Å². The second-order valence-electron chi connectivity index (χ2n) is 33.8. The maximum Gasteiger partial charge on any atom is 0.315 e. The normalized spacial score (nSPS) is 55.0. The van der Waals surface area contributed by atoms with Crippen LogP contribution in [0, 0.1) is 50.2 Å². The number of rotatable bonds is 17. The monoisotopic (exact) mass is 1510 g/mol. The summed E-state index contributed by atoms with van der Waals surface area (Å²) in [6.45, 7) is 14.7. The first-order valence-corrected chi connectivity index (χ1v) is 37.0. The number of hydrogen-bond donors (Lipinski definition) is 20. The number of aliphatic hydroxyl groups excluding tert-OH is 20. The van der Waals surface area contributed by atoms with Crippen molar-refractivity contribution < 1.29 is 173 Å². The first-order valence-electron chi connectivity index (χ1n) is 37.0. The third-order valence-electron chi connectivity index (χ3n) is 27.1. The van der Waals surface area contributed by atoms with Crippen molar-refractivity contribution in [2.75, 3.05) is 33.0 Å². The summed E-state index contributed by atoms with van der Waals surface area (Å²) in [6.07, 6.45) is -49.6. The van der Waals surface area contributed by atoms with Gasteiger partial charge in [-0.2, -0.15) is 0 Å². The Morgan fingerprint density at radius 1 is 0.457 bits per heavy atom. The van der Waals surface area contributed by atoms with Crippen molar-refractivity contribution in [3.63, 3.8) is 0 Å². The molecule has 0 aromatic heterocycles. The van der Waals surface area contributed by atoms with Crippen molar-refractivity contribution in [2.24, 2.45) is 50.2 Å². The Labute approximate surface area is 607 Å². The summed E-state index contributed by atoms with van der Waals surface area (Å²) in [5.74, 6) is -1.51. The van der Waals surface area contributed by atoms with Gasteiger partial charge in [0.15, 0.2) is 37.7 Å². The van der Waals surface area contributed by atoms with Crippen molar-refractivity contribution in [1.29, 1.82) is 0 Å². The van der Waals surface area contributed by atoms with Crippen LogP contribution in [0.5, 0.6) is 0 Å². The lowest BCUT2D eigenvalue weighted by atomic mass is 9.33. The molecule has 7 aliphatic heterocycles. The zero-order valence-corrected chi connectivity index (χ0v) is 60.5. The molecule has 35 nitrogen and oxygen atoms in total. The number of esters is 1. The van der Waals surface area contributed by atoms with E-state index in [1.165, 1.54) is 13.8 Å². The quantitative estimate of drug-likeness (QED) is 0.0366. The molecule has 0 amide bonds. The highest BCUT2D eigenvalue weighted by Gasteiger charge is 2.72. The standard InChI is InChI=1S/C70H114O35/c1-25-37(74)43(80)48(85)59(95-25)102-53-30(21-72)98-57(51(88)46(53)83)93-23-31-41(78)45(82)50(87)61(100-31)105-64(91)70-18-16-65(3,4)56(90)36(70)27-10-11-34-67(7)14-13-35(66(5,6)33(67)12-15-69(34,9)68(27,8)17-19-70)101-63-55(39(76)28(73)22-92-63)104-62-52(89)54(38(75)26(2)96-62)103-58-47(84)42(79)32(24-94-58)99-60-49(86)44(81)40(77)29(20-71)97-60/h10,25-26,28-63,71-90H,11-24H2,1-9H3/t25-,26-,28-,29+,30+,31+,32+,33-,34+,35-,36+,37-,38-,39-,40+,41+,42+,43+,44-,45-,46+,47+,48+,49+,50+,51+,52+,53+,54+,55+,56-,57+,58-,59-,60-,61-,62-,63-,67-,68+,69+,70-/m0/s1. The summed E-state index contributed by atoms with van der Waals surface area (Å²) in [5.41, 5.74) is -3.07. The Balaban J connectivity index is 0.704. The lowest BCUT2D eigenvalue weighted by Gasteiger charge is -2.71. The van der Waals surface area contributed by atoms with Gasteiger partial charge in [0, 0.05) is 5.92 Å². The predicted octanol–water partition coefficient (Wildman–Crippen LogP) is -6.26. The minimum absolute atomic E-state index is 0.0152. The van der Waals surface area contributed by atoms with Gasteiger partial charge < -0.3 is 168 Å². The number of allylic oxidation sites excluding steroid dienone is 1. The van der Waals surface area contributed by atoms with Crippen LogP contribution in [0.3, 0.4) is 0 Å². The molecule has 7 heterocycles. The van der Waals surface area contributed by atoms with Gasteiger partial charge in [-0.25, -0.2) is 0 Å². The molecule has 0 radical (unpaired) electrons. The summed E-state index contributed by atoms with van der Waals surface area (Å²) in [5, 5.41) is 220. The van der Waals surface area contributed by atoms with Gasteiger partial charge in [0.05, 0.1) is 62.9 Å². The van der Waals surface area contributed by atoms with E-state index in [2.05, 4.69) is 40.7 Å². The average Bonchev–Trinajstić information content (AvgIpc) is 0.672. The van der Waals surface area contributed by atoms with Gasteiger partial charge in [0.25, 0.3) is 0 Å². The molecule has 12 rings (SSSR count). The second kappa shape index (κ2) is 31.0. The summed E-state index contributed by atoms with van der Waals surface area (Å²) in [7, 11) is 0. The van der Waals surface area contributed by atoms with Gasteiger partial charge in [0.1, 0.15) is 146 Å². The average molecular weight is 1520 g/mol. The highest BCUT2D eigenvalue weighted by Crippen LogP contribution is 2.76. The fourth-order valence-electron chi connectivity index (χ4n) is 20.1. The first-order chi connectivity index (χ1) is 49.2. The first kappa shape index (κ1) is 82.4. The van der Waals surface area contributed by atoms with Crippen LogP contribution in [0.1, 0.15) is 120 Å². The zero-order valence-electron chi connectivity index (χ0n) is 60.5. The van der Waals surface area contributed by atoms with Crippen LogP contribution in [0.4, 0.5) is 0 Å². The molecule has 4 saturated carbocycles. The highest BCUT2D eigenvalue weighted by molar-refractivity contribution is 5.79. The molecule has 5 aliphatic carbocycles. The zero-order chi connectivity index (χ0) is 76.6. The fourth-order valence-corrected chi connectivity index (χ4v) is 20.1. The Hall–Kier alpha value is -2.11.